The Morgan fingerprint density at radius 2 is 2.26 bits per heavy atom. The molecule has 0 spiro atoms. The third kappa shape index (κ3) is 3.42. The minimum Gasteiger partial charge on any atom is -0.378 e. The number of rotatable bonds is 3. The Hall–Kier alpha value is -2.13. The molecule has 1 saturated heterocycles. The van der Waals surface area contributed by atoms with Crippen molar-refractivity contribution in [1.82, 2.24) is 9.88 Å². The molecule has 0 radical (unpaired) electrons. The maximum atomic E-state index is 12.2. The normalized spacial score (nSPS) is 16.5. The van der Waals surface area contributed by atoms with Crippen LogP contribution in [0.25, 0.3) is 0 Å². The minimum absolute atomic E-state index is 0.0488. The van der Waals surface area contributed by atoms with Gasteiger partial charge in [-0.05, 0) is 19.1 Å². The van der Waals surface area contributed by atoms with E-state index in [1.807, 2.05) is 13.0 Å². The van der Waals surface area contributed by atoms with E-state index < -0.39 is 0 Å². The van der Waals surface area contributed by atoms with E-state index in [0.717, 1.165) is 5.69 Å². The van der Waals surface area contributed by atoms with E-state index in [1.165, 1.54) is 0 Å². The quantitative estimate of drug-likeness (QED) is 0.861. The molecule has 6 nitrogen and oxygen atoms in total. The van der Waals surface area contributed by atoms with Crippen LogP contribution in [0.3, 0.4) is 0 Å². The second-order valence-corrected chi connectivity index (χ2v) is 4.35. The molecule has 1 aromatic heterocycles. The van der Waals surface area contributed by atoms with Crippen molar-refractivity contribution in [3.8, 4) is 6.07 Å². The highest BCUT2D eigenvalue weighted by molar-refractivity contribution is 5.84. The van der Waals surface area contributed by atoms with Gasteiger partial charge in [0.1, 0.15) is 17.8 Å². The highest BCUT2D eigenvalue weighted by Crippen LogP contribution is 2.09. The Balaban J connectivity index is 1.93. The summed E-state index contributed by atoms with van der Waals surface area (Å²) in [6.45, 7) is 4.27. The number of pyridine rings is 1. The van der Waals surface area contributed by atoms with E-state index in [2.05, 4.69) is 10.3 Å². The Morgan fingerprint density at radius 3 is 2.84 bits per heavy atom. The van der Waals surface area contributed by atoms with E-state index in [1.54, 1.807) is 23.2 Å². The number of hydrogen-bond donors (Lipinski definition) is 1. The molecule has 2 rings (SSSR count). The van der Waals surface area contributed by atoms with Crippen molar-refractivity contribution in [1.29, 1.82) is 5.26 Å². The standard InChI is InChI=1S/C13H16N4O2/c1-10(13(18)17-4-6-19-7-5-17)16-12-3-2-11(8-14)15-9-12/h2-3,9-10,16H,4-7H2,1H3/t10-/m0/s1. The third-order valence-corrected chi connectivity index (χ3v) is 2.95. The number of carbonyl (C=O) groups excluding carboxylic acids is 1. The first kappa shape index (κ1) is 13.3. The van der Waals surface area contributed by atoms with Crippen molar-refractivity contribution in [2.24, 2.45) is 0 Å². The Kier molecular flexibility index (Phi) is 4.31. The fourth-order valence-corrected chi connectivity index (χ4v) is 1.91. The first-order chi connectivity index (χ1) is 9.20. The molecule has 0 aliphatic carbocycles. The molecule has 19 heavy (non-hydrogen) atoms. The third-order valence-electron chi connectivity index (χ3n) is 2.95. The van der Waals surface area contributed by atoms with Crippen molar-refractivity contribution < 1.29 is 9.53 Å². The summed E-state index contributed by atoms with van der Waals surface area (Å²) in [7, 11) is 0. The number of hydrogen-bond acceptors (Lipinski definition) is 5. The first-order valence-electron chi connectivity index (χ1n) is 6.20. The molecule has 1 fully saturated rings. The highest BCUT2D eigenvalue weighted by Gasteiger charge is 2.22. The number of morpholine rings is 1. The van der Waals surface area contributed by atoms with Crippen LogP contribution in [0.4, 0.5) is 5.69 Å². The average Bonchev–Trinajstić information content (AvgIpc) is 2.48. The molecule has 0 unspecified atom stereocenters. The summed E-state index contributed by atoms with van der Waals surface area (Å²) >= 11 is 0. The summed E-state index contributed by atoms with van der Waals surface area (Å²) < 4.78 is 5.22. The van der Waals surface area contributed by atoms with Crippen molar-refractivity contribution in [3.05, 3.63) is 24.0 Å². The van der Waals surface area contributed by atoms with Crippen molar-refractivity contribution in [2.45, 2.75) is 13.0 Å². The van der Waals surface area contributed by atoms with Crippen LogP contribution in [-0.4, -0.2) is 48.1 Å². The zero-order chi connectivity index (χ0) is 13.7. The van der Waals surface area contributed by atoms with Gasteiger partial charge in [0.2, 0.25) is 5.91 Å². The van der Waals surface area contributed by atoms with Crippen molar-refractivity contribution >= 4 is 11.6 Å². The maximum absolute atomic E-state index is 12.2. The lowest BCUT2D eigenvalue weighted by Gasteiger charge is -2.29. The van der Waals surface area contributed by atoms with E-state index in [9.17, 15) is 4.79 Å². The van der Waals surface area contributed by atoms with Crippen LogP contribution in [0.5, 0.6) is 0 Å². The van der Waals surface area contributed by atoms with Gasteiger partial charge in [0, 0.05) is 13.1 Å². The SMILES string of the molecule is C[C@H](Nc1ccc(C#N)nc1)C(=O)N1CCOCC1. The van der Waals surface area contributed by atoms with Crippen LogP contribution in [-0.2, 0) is 9.53 Å². The van der Waals surface area contributed by atoms with Gasteiger partial charge < -0.3 is 15.0 Å². The number of ether oxygens (including phenoxy) is 1. The second-order valence-electron chi connectivity index (χ2n) is 4.35. The molecule has 1 amide bonds. The molecule has 100 valence electrons. The molecule has 0 aromatic carbocycles. The molecular formula is C13H16N4O2. The number of amides is 1. The lowest BCUT2D eigenvalue weighted by Crippen LogP contribution is -2.47. The second kappa shape index (κ2) is 6.16. The van der Waals surface area contributed by atoms with E-state index in [4.69, 9.17) is 10.00 Å². The van der Waals surface area contributed by atoms with Crippen LogP contribution < -0.4 is 5.32 Å². The summed E-state index contributed by atoms with van der Waals surface area (Å²) in [6.07, 6.45) is 1.56. The lowest BCUT2D eigenvalue weighted by atomic mass is 10.2. The van der Waals surface area contributed by atoms with Gasteiger partial charge in [-0.3, -0.25) is 4.79 Å². The predicted octanol–water partition coefficient (Wildman–Crippen LogP) is 0.612. The molecule has 0 bridgehead atoms. The molecule has 1 aromatic rings. The van der Waals surface area contributed by atoms with Gasteiger partial charge in [-0.2, -0.15) is 5.26 Å². The van der Waals surface area contributed by atoms with Crippen molar-refractivity contribution in [3.63, 3.8) is 0 Å². The first-order valence-corrected chi connectivity index (χ1v) is 6.20. The molecule has 1 aliphatic heterocycles. The molecule has 1 atom stereocenters. The Morgan fingerprint density at radius 1 is 1.53 bits per heavy atom. The fourth-order valence-electron chi connectivity index (χ4n) is 1.91. The van der Waals surface area contributed by atoms with Gasteiger partial charge in [-0.1, -0.05) is 0 Å². The van der Waals surface area contributed by atoms with E-state index in [-0.39, 0.29) is 11.9 Å². The largest absolute Gasteiger partial charge is 0.378 e. The van der Waals surface area contributed by atoms with Crippen LogP contribution in [0.2, 0.25) is 0 Å². The van der Waals surface area contributed by atoms with Gasteiger partial charge in [0.05, 0.1) is 25.1 Å². The van der Waals surface area contributed by atoms with Crippen LogP contribution in [0.15, 0.2) is 18.3 Å². The fraction of sp³-hybridized carbons (Fsp3) is 0.462. The number of carbonyl (C=O) groups is 1. The summed E-state index contributed by atoms with van der Waals surface area (Å²) in [5, 5.41) is 11.7. The zero-order valence-corrected chi connectivity index (χ0v) is 10.8. The molecule has 1 N–H and O–H groups in total. The smallest absolute Gasteiger partial charge is 0.244 e. The van der Waals surface area contributed by atoms with Gasteiger partial charge in [0.15, 0.2) is 0 Å². The highest BCUT2D eigenvalue weighted by atomic mass is 16.5. The number of anilines is 1. The minimum atomic E-state index is -0.326. The number of nitriles is 1. The number of aromatic nitrogens is 1. The molecule has 1 aliphatic rings. The Bertz CT molecular complexity index is 474. The number of nitrogens with zero attached hydrogens (tertiary/aromatic N) is 3. The lowest BCUT2D eigenvalue weighted by molar-refractivity contribution is -0.135. The molecule has 0 saturated carbocycles. The summed E-state index contributed by atoms with van der Waals surface area (Å²) in [5.41, 5.74) is 1.09. The summed E-state index contributed by atoms with van der Waals surface area (Å²) in [5.74, 6) is 0.0488. The predicted molar refractivity (Wildman–Crippen MR) is 69.4 cm³/mol. The van der Waals surface area contributed by atoms with Crippen LogP contribution >= 0.6 is 0 Å². The van der Waals surface area contributed by atoms with E-state index >= 15 is 0 Å². The monoisotopic (exact) mass is 260 g/mol. The van der Waals surface area contributed by atoms with Gasteiger partial charge >= 0.3 is 0 Å². The average molecular weight is 260 g/mol. The number of nitrogens with one attached hydrogen (secondary N) is 1. The summed E-state index contributed by atoms with van der Waals surface area (Å²) in [6, 6.07) is 4.99. The summed E-state index contributed by atoms with van der Waals surface area (Å²) in [4.78, 5) is 17.9. The molecular weight excluding hydrogens is 244 g/mol. The molecule has 6 heteroatoms. The maximum Gasteiger partial charge on any atom is 0.244 e. The van der Waals surface area contributed by atoms with Gasteiger partial charge in [0.25, 0.3) is 0 Å². The topological polar surface area (TPSA) is 78.2 Å². The van der Waals surface area contributed by atoms with Crippen LogP contribution in [0, 0.1) is 11.3 Å². The van der Waals surface area contributed by atoms with E-state index in [0.29, 0.717) is 32.0 Å². The molecule has 2 heterocycles. The van der Waals surface area contributed by atoms with Gasteiger partial charge in [-0.15, -0.1) is 0 Å². The van der Waals surface area contributed by atoms with Crippen LogP contribution in [0.1, 0.15) is 12.6 Å². The zero-order valence-electron chi connectivity index (χ0n) is 10.8. The van der Waals surface area contributed by atoms with Crippen molar-refractivity contribution in [2.75, 3.05) is 31.6 Å². The van der Waals surface area contributed by atoms with Gasteiger partial charge in [-0.25, -0.2) is 4.98 Å². The Labute approximate surface area is 112 Å².